The number of nitrogens with zero attached hydrogens (tertiary/aromatic N) is 6. The number of anilines is 2. The molecule has 3 amide bonds. The van der Waals surface area contributed by atoms with E-state index in [4.69, 9.17) is 24.4 Å². The van der Waals surface area contributed by atoms with E-state index in [2.05, 4.69) is 38.8 Å². The number of amides is 3. The lowest BCUT2D eigenvalue weighted by molar-refractivity contribution is -0.121. The lowest BCUT2D eigenvalue weighted by atomic mass is 9.82. The predicted molar refractivity (Wildman–Crippen MR) is 201 cm³/mol. The van der Waals surface area contributed by atoms with Crippen molar-refractivity contribution in [2.45, 2.75) is 57.2 Å². The van der Waals surface area contributed by atoms with Gasteiger partial charge >= 0.3 is 0 Å². The van der Waals surface area contributed by atoms with Crippen molar-refractivity contribution in [3.63, 3.8) is 0 Å². The number of hydrogen-bond acceptors (Lipinski definition) is 11. The molecule has 5 heterocycles. The smallest absolute Gasteiger partial charge is 0.272 e. The second-order valence-electron chi connectivity index (χ2n) is 14.5. The number of aliphatic hydroxyl groups is 1. The van der Waals surface area contributed by atoms with Gasteiger partial charge in [0.2, 0.25) is 5.91 Å². The zero-order valence-corrected chi connectivity index (χ0v) is 30.5. The Morgan fingerprint density at radius 3 is 2.49 bits per heavy atom. The number of nitrogens with one attached hydrogen (secondary N) is 3. The summed E-state index contributed by atoms with van der Waals surface area (Å²) in [6.45, 7) is 6.30. The Morgan fingerprint density at radius 2 is 1.81 bits per heavy atom. The number of rotatable bonds is 10. The third-order valence-corrected chi connectivity index (χ3v) is 10.7. The van der Waals surface area contributed by atoms with Crippen LogP contribution in [0.3, 0.4) is 0 Å². The van der Waals surface area contributed by atoms with Crippen LogP contribution in [0.25, 0.3) is 11.1 Å². The van der Waals surface area contributed by atoms with Gasteiger partial charge in [0.15, 0.2) is 0 Å². The summed E-state index contributed by atoms with van der Waals surface area (Å²) in [5.74, 6) is -0.806. The summed E-state index contributed by atoms with van der Waals surface area (Å²) in [4.78, 5) is 48.2. The topological polar surface area (TPSA) is 200 Å². The highest BCUT2D eigenvalue weighted by atomic mass is 16.3. The van der Waals surface area contributed by atoms with E-state index in [9.17, 15) is 19.5 Å². The molecule has 3 aromatic rings. The Kier molecular flexibility index (Phi) is 9.45. The fourth-order valence-corrected chi connectivity index (χ4v) is 7.38. The van der Waals surface area contributed by atoms with Gasteiger partial charge < -0.3 is 42.3 Å². The minimum atomic E-state index is -1.88. The number of nitrogens with two attached hydrogens (primary N) is 2. The molecule has 1 aromatic carbocycles. The second kappa shape index (κ2) is 13.9. The Labute approximate surface area is 309 Å². The van der Waals surface area contributed by atoms with Crippen molar-refractivity contribution < 1.29 is 19.5 Å². The maximum atomic E-state index is 13.0. The van der Waals surface area contributed by atoms with Crippen molar-refractivity contribution in [1.29, 1.82) is 0 Å². The Hall–Kier alpha value is -5.35. The molecule has 4 aliphatic rings. The Bertz CT molecular complexity index is 2030. The van der Waals surface area contributed by atoms with Gasteiger partial charge in [-0.2, -0.15) is 5.10 Å². The molecule has 276 valence electrons. The number of aryl methyl sites for hydroxylation is 1. The number of pyridine rings is 1. The third-order valence-electron chi connectivity index (χ3n) is 10.7. The van der Waals surface area contributed by atoms with Gasteiger partial charge in [-0.3, -0.25) is 24.0 Å². The van der Waals surface area contributed by atoms with Gasteiger partial charge in [0.25, 0.3) is 11.8 Å². The predicted octanol–water partition coefficient (Wildman–Crippen LogP) is 1.48. The number of likely N-dealkylation sites (N-methyl/N-ethyl adjacent to an activating group) is 1. The van der Waals surface area contributed by atoms with Crippen molar-refractivity contribution in [2.24, 2.45) is 17.4 Å². The third kappa shape index (κ3) is 6.72. The average molecular weight is 720 g/mol. The van der Waals surface area contributed by atoms with Gasteiger partial charge in [-0.25, -0.2) is 4.98 Å². The van der Waals surface area contributed by atoms with Crippen molar-refractivity contribution in [3.05, 3.63) is 82.5 Å². The van der Waals surface area contributed by atoms with E-state index in [1.807, 2.05) is 30.9 Å². The summed E-state index contributed by atoms with van der Waals surface area (Å²) < 4.78 is 2.00. The van der Waals surface area contributed by atoms with Gasteiger partial charge in [-0.05, 0) is 69.4 Å². The Morgan fingerprint density at radius 1 is 1.09 bits per heavy atom. The van der Waals surface area contributed by atoms with E-state index >= 15 is 0 Å². The van der Waals surface area contributed by atoms with Crippen LogP contribution in [0.1, 0.15) is 72.1 Å². The first-order chi connectivity index (χ1) is 25.3. The molecule has 15 nitrogen and oxygen atoms in total. The summed E-state index contributed by atoms with van der Waals surface area (Å²) in [6.07, 6.45) is 6.90. The number of carbonyl (C=O) groups is 3. The minimum Gasteiger partial charge on any atom is -0.393 e. The van der Waals surface area contributed by atoms with Gasteiger partial charge in [-0.1, -0.05) is 6.07 Å². The van der Waals surface area contributed by atoms with Crippen LogP contribution in [0.2, 0.25) is 0 Å². The molecule has 3 fully saturated rings. The highest BCUT2D eigenvalue weighted by Gasteiger charge is 2.44. The molecule has 1 aliphatic carbocycles. The van der Waals surface area contributed by atoms with E-state index in [0.29, 0.717) is 31.9 Å². The molecule has 0 bridgehead atoms. The summed E-state index contributed by atoms with van der Waals surface area (Å²) in [7, 11) is 9.98. The van der Waals surface area contributed by atoms with Gasteiger partial charge in [0, 0.05) is 63.4 Å². The van der Waals surface area contributed by atoms with Gasteiger partial charge in [0.05, 0.1) is 46.7 Å². The first kappa shape index (κ1) is 36.0. The lowest BCUT2D eigenvalue weighted by Crippen LogP contribution is -2.59. The largest absolute Gasteiger partial charge is 0.393 e. The van der Waals surface area contributed by atoms with Crippen LogP contribution in [0.4, 0.5) is 11.4 Å². The minimum absolute atomic E-state index is 0.0531. The standard InChI is InChI=1S/C37H46BN11O4/c1-20-14-24-25-17-42-49(23-18-48(19-23)37(38,53)29-9-7-8-26(44-29)36(52)47-12-5-6-13-47)32(25)21(2)46(4)33(24)28(15-20)43-27(31(40)35(51)41-3)16-30(39)45-34(50)22-10-11-22/h7-9,14-17,21-23,43,53H,5-6,10-13,18-19,39-40H2,1-4H3,(H,41,51)(H,45,50)/b30-16+,31-27+. The monoisotopic (exact) mass is 719 g/mol. The molecule has 2 unspecified atom stereocenters. The van der Waals surface area contributed by atoms with Crippen LogP contribution in [0.5, 0.6) is 0 Å². The number of fused-ring (bicyclic) bond motifs is 3. The molecule has 8 N–H and O–H groups in total. The molecular weight excluding hydrogens is 673 g/mol. The van der Waals surface area contributed by atoms with E-state index in [1.165, 1.54) is 13.1 Å². The summed E-state index contributed by atoms with van der Waals surface area (Å²) in [6, 6.07) is 8.85. The van der Waals surface area contributed by atoms with Crippen LogP contribution < -0.4 is 32.3 Å². The second-order valence-corrected chi connectivity index (χ2v) is 14.5. The molecule has 0 spiro atoms. The van der Waals surface area contributed by atoms with E-state index in [0.717, 1.165) is 53.8 Å². The first-order valence-corrected chi connectivity index (χ1v) is 18.0. The van der Waals surface area contributed by atoms with Crippen molar-refractivity contribution in [2.75, 3.05) is 50.5 Å². The molecule has 2 saturated heterocycles. The fourth-order valence-electron chi connectivity index (χ4n) is 7.38. The van der Waals surface area contributed by atoms with Crippen molar-refractivity contribution in [3.8, 4) is 11.1 Å². The van der Waals surface area contributed by atoms with Crippen LogP contribution >= 0.6 is 0 Å². The molecule has 7 rings (SSSR count). The Balaban J connectivity index is 1.15. The van der Waals surface area contributed by atoms with E-state index in [-0.39, 0.29) is 58.4 Å². The number of likely N-dealkylation sites (tertiary alicyclic amines) is 2. The first-order valence-electron chi connectivity index (χ1n) is 18.0. The van der Waals surface area contributed by atoms with Gasteiger partial charge in [0.1, 0.15) is 30.7 Å². The molecule has 16 heteroatoms. The quantitative estimate of drug-likeness (QED) is 0.101. The van der Waals surface area contributed by atoms with E-state index < -0.39 is 11.5 Å². The fraction of sp³-hybridized carbons (Fsp3) is 0.432. The maximum absolute atomic E-state index is 13.0. The number of benzene rings is 1. The SMILES string of the molecule is [B]C(O)(c1cccc(C(=O)N2CCCC2)n1)N1CC(n2ncc3c2C(C)N(C)c2c(NC(/C=C(\N)NC(=O)C4CC4)=C(/N)C(=O)NC)cc(C)cc2-3)C1. The van der Waals surface area contributed by atoms with Crippen LogP contribution in [-0.4, -0.2) is 95.5 Å². The highest BCUT2D eigenvalue weighted by molar-refractivity contribution is 6.14. The van der Waals surface area contributed by atoms with Crippen LogP contribution in [0, 0.1) is 12.8 Å². The lowest BCUT2D eigenvalue weighted by Gasteiger charge is -2.49. The number of hydrogen-bond donors (Lipinski definition) is 6. The van der Waals surface area contributed by atoms with Crippen LogP contribution in [0.15, 0.2) is 59.8 Å². The number of allylic oxidation sites excluding steroid dienone is 1. The average Bonchev–Trinajstić information content (AvgIpc) is 3.65. The molecule has 3 aliphatic heterocycles. The molecular formula is C37H46BN11O4. The summed E-state index contributed by atoms with van der Waals surface area (Å²) in [5, 5.41) is 25.0. The molecule has 53 heavy (non-hydrogen) atoms. The van der Waals surface area contributed by atoms with Gasteiger partial charge in [-0.15, -0.1) is 0 Å². The number of aromatic nitrogens is 3. The normalized spacial score (nSPS) is 20.5. The molecule has 2 aromatic heterocycles. The zero-order chi connectivity index (χ0) is 37.8. The van der Waals surface area contributed by atoms with E-state index in [1.54, 1.807) is 28.0 Å². The van der Waals surface area contributed by atoms with Crippen molar-refractivity contribution in [1.82, 2.24) is 35.2 Å². The zero-order valence-electron chi connectivity index (χ0n) is 30.5. The summed E-state index contributed by atoms with van der Waals surface area (Å²) >= 11 is 0. The van der Waals surface area contributed by atoms with Crippen molar-refractivity contribution >= 4 is 36.9 Å². The molecule has 2 atom stereocenters. The molecule has 1 saturated carbocycles. The molecule has 2 radical (unpaired) electrons. The number of carbonyl (C=O) groups excluding carboxylic acids is 3. The highest BCUT2D eigenvalue weighted by Crippen LogP contribution is 2.49. The summed E-state index contributed by atoms with van der Waals surface area (Å²) in [5.41, 5.74) is 16.7. The maximum Gasteiger partial charge on any atom is 0.272 e. The van der Waals surface area contributed by atoms with Crippen LogP contribution in [-0.2, 0) is 15.2 Å².